The van der Waals surface area contributed by atoms with Crippen LogP contribution in [0.1, 0.15) is 29.2 Å². The maximum atomic E-state index is 9.39. The van der Waals surface area contributed by atoms with Crippen molar-refractivity contribution in [3.63, 3.8) is 0 Å². The quantitative estimate of drug-likeness (QED) is 0.106. The molecule has 7 aromatic rings. The van der Waals surface area contributed by atoms with Crippen LogP contribution in [0.2, 0.25) is 0 Å². The van der Waals surface area contributed by atoms with Crippen LogP contribution in [0, 0.1) is 11.3 Å². The van der Waals surface area contributed by atoms with Gasteiger partial charge in [0.05, 0.1) is 17.3 Å². The molecule has 3 heteroatoms. The highest BCUT2D eigenvalue weighted by molar-refractivity contribution is 6.21. The summed E-state index contributed by atoms with van der Waals surface area (Å²) in [7, 11) is 0. The lowest BCUT2D eigenvalue weighted by Crippen LogP contribution is -2.04. The molecule has 0 saturated heterocycles. The van der Waals surface area contributed by atoms with Gasteiger partial charge in [0, 0.05) is 16.8 Å². The first-order valence-corrected chi connectivity index (χ1v) is 15.6. The van der Waals surface area contributed by atoms with Crippen molar-refractivity contribution >= 4 is 38.8 Å². The van der Waals surface area contributed by atoms with Crippen molar-refractivity contribution in [2.45, 2.75) is 6.92 Å². The number of amidine groups is 1. The Labute approximate surface area is 275 Å². The van der Waals surface area contributed by atoms with Gasteiger partial charge in [-0.1, -0.05) is 146 Å². The van der Waals surface area contributed by atoms with Crippen LogP contribution in [0.3, 0.4) is 0 Å². The smallest absolute Gasteiger partial charge is 0.160 e. The normalized spacial score (nSPS) is 11.8. The van der Waals surface area contributed by atoms with Gasteiger partial charge in [-0.2, -0.15) is 5.26 Å². The van der Waals surface area contributed by atoms with Crippen LogP contribution in [0.15, 0.2) is 174 Å². The van der Waals surface area contributed by atoms with Gasteiger partial charge >= 0.3 is 0 Å². The van der Waals surface area contributed by atoms with Crippen molar-refractivity contribution in [3.05, 3.63) is 187 Å². The molecule has 0 aromatic heterocycles. The van der Waals surface area contributed by atoms with Crippen LogP contribution >= 0.6 is 0 Å². The maximum Gasteiger partial charge on any atom is 0.160 e. The van der Waals surface area contributed by atoms with Gasteiger partial charge in [0.2, 0.25) is 0 Å². The molecule has 7 rings (SSSR count). The van der Waals surface area contributed by atoms with Crippen LogP contribution in [-0.2, 0) is 0 Å². The highest BCUT2D eigenvalue weighted by atomic mass is 14.9. The number of nitrogens with zero attached hydrogens (tertiary/aromatic N) is 3. The molecule has 0 fully saturated rings. The van der Waals surface area contributed by atoms with E-state index in [1.165, 1.54) is 0 Å². The molecule has 7 aromatic carbocycles. The second-order valence-electron chi connectivity index (χ2n) is 11.4. The molecule has 0 radical (unpaired) electrons. The average Bonchev–Trinajstić information content (AvgIpc) is 3.14. The van der Waals surface area contributed by atoms with Gasteiger partial charge in [-0.15, -0.1) is 0 Å². The van der Waals surface area contributed by atoms with Gasteiger partial charge in [-0.3, -0.25) is 0 Å². The lowest BCUT2D eigenvalue weighted by atomic mass is 9.85. The van der Waals surface area contributed by atoms with Crippen molar-refractivity contribution in [2.75, 3.05) is 0 Å². The van der Waals surface area contributed by atoms with Gasteiger partial charge in [-0.25, -0.2) is 9.98 Å². The zero-order valence-electron chi connectivity index (χ0n) is 26.1. The Morgan fingerprint density at radius 1 is 0.511 bits per heavy atom. The summed E-state index contributed by atoms with van der Waals surface area (Å²) in [5, 5.41) is 14.0. The van der Waals surface area contributed by atoms with E-state index in [9.17, 15) is 5.26 Å². The molecule has 0 bridgehead atoms. The van der Waals surface area contributed by atoms with Crippen molar-refractivity contribution in [1.29, 1.82) is 5.26 Å². The summed E-state index contributed by atoms with van der Waals surface area (Å²) in [5.41, 5.74) is 9.56. The van der Waals surface area contributed by atoms with Crippen LogP contribution in [0.4, 0.5) is 0 Å². The second kappa shape index (κ2) is 12.9. The van der Waals surface area contributed by atoms with Crippen molar-refractivity contribution in [2.24, 2.45) is 9.98 Å². The van der Waals surface area contributed by atoms with Gasteiger partial charge in [0.15, 0.2) is 5.84 Å². The number of fused-ring (bicyclic) bond motifs is 2. The predicted octanol–water partition coefficient (Wildman–Crippen LogP) is 11.1. The fraction of sp³-hybridized carbons (Fsp3) is 0.0227. The highest BCUT2D eigenvalue weighted by Gasteiger charge is 2.17. The summed E-state index contributed by atoms with van der Waals surface area (Å²) in [5.74, 6) is 0.616. The molecule has 0 saturated carbocycles. The molecule has 0 amide bonds. The minimum absolute atomic E-state index is 0.616. The van der Waals surface area contributed by atoms with E-state index in [0.717, 1.165) is 66.2 Å². The number of benzene rings is 7. The van der Waals surface area contributed by atoms with E-state index in [1.807, 2.05) is 79.7 Å². The van der Waals surface area contributed by atoms with E-state index in [2.05, 4.69) is 97.6 Å². The number of rotatable bonds is 6. The third-order valence-electron chi connectivity index (χ3n) is 8.46. The van der Waals surface area contributed by atoms with Gasteiger partial charge < -0.3 is 0 Å². The monoisotopic (exact) mass is 601 g/mol. The lowest BCUT2D eigenvalue weighted by Gasteiger charge is -2.18. The topological polar surface area (TPSA) is 48.5 Å². The lowest BCUT2D eigenvalue weighted by molar-refractivity contribution is 1.44. The minimum atomic E-state index is 0.616. The Kier molecular flexibility index (Phi) is 8.07. The Bertz CT molecular complexity index is 2300. The van der Waals surface area contributed by atoms with Crippen molar-refractivity contribution < 1.29 is 0 Å². The zero-order chi connectivity index (χ0) is 32.2. The first kappa shape index (κ1) is 29.3. The molecule has 3 nitrogen and oxygen atoms in total. The minimum Gasteiger partial charge on any atom is -0.233 e. The summed E-state index contributed by atoms with van der Waals surface area (Å²) in [6.45, 7) is 6.43. The van der Waals surface area contributed by atoms with Gasteiger partial charge in [0.25, 0.3) is 0 Å². The highest BCUT2D eigenvalue weighted by Crippen LogP contribution is 2.43. The second-order valence-corrected chi connectivity index (χ2v) is 11.4. The van der Waals surface area contributed by atoms with E-state index in [4.69, 9.17) is 9.98 Å². The Hall–Kier alpha value is -6.37. The van der Waals surface area contributed by atoms with Crippen LogP contribution in [-0.4, -0.2) is 11.5 Å². The third kappa shape index (κ3) is 5.89. The summed E-state index contributed by atoms with van der Waals surface area (Å²) >= 11 is 0. The zero-order valence-corrected chi connectivity index (χ0v) is 26.1. The molecule has 0 spiro atoms. The predicted molar refractivity (Wildman–Crippen MR) is 198 cm³/mol. The fourth-order valence-corrected chi connectivity index (χ4v) is 6.15. The molecule has 0 N–H and O–H groups in total. The Morgan fingerprint density at radius 2 is 1.00 bits per heavy atom. The summed E-state index contributed by atoms with van der Waals surface area (Å²) in [6, 6.07) is 55.9. The Morgan fingerprint density at radius 3 is 1.55 bits per heavy atom. The Balaban J connectivity index is 1.37. The first-order valence-electron chi connectivity index (χ1n) is 15.6. The van der Waals surface area contributed by atoms with Crippen LogP contribution in [0.25, 0.3) is 49.5 Å². The molecule has 222 valence electrons. The van der Waals surface area contributed by atoms with Crippen LogP contribution in [0.5, 0.6) is 0 Å². The van der Waals surface area contributed by atoms with Crippen molar-refractivity contribution in [3.8, 4) is 28.3 Å². The number of hydrogen-bond acceptors (Lipinski definition) is 2. The van der Waals surface area contributed by atoms with Crippen molar-refractivity contribution in [1.82, 2.24) is 0 Å². The molecule has 0 aliphatic rings. The SMILES string of the molecule is C=C(N=C(N=C(C)c1ccccc1)c1ccccc1)c1cccc(-c2c3ccccc3c(-c3ccc(C#N)cc3)c3ccccc23)c1. The van der Waals surface area contributed by atoms with E-state index in [-0.39, 0.29) is 0 Å². The average molecular weight is 602 g/mol. The van der Waals surface area contributed by atoms with E-state index < -0.39 is 0 Å². The third-order valence-corrected chi connectivity index (χ3v) is 8.46. The number of nitriles is 1. The molecule has 0 heterocycles. The summed E-state index contributed by atoms with van der Waals surface area (Å²) in [4.78, 5) is 10.0. The largest absolute Gasteiger partial charge is 0.233 e. The van der Waals surface area contributed by atoms with Gasteiger partial charge in [0.1, 0.15) is 0 Å². The number of aliphatic imine (C=N–C) groups is 2. The molecule has 47 heavy (non-hydrogen) atoms. The standard InChI is InChI=1S/C44H31N3/c1-30(33-14-5-3-6-15-33)46-44(35-16-7-4-8-17-35)47-31(2)36-18-13-19-37(28-36)43-40-22-11-9-20-38(40)42(39-21-10-12-23-41(39)43)34-26-24-32(29-45)25-27-34/h3-28H,2H2,1H3. The fourth-order valence-electron chi connectivity index (χ4n) is 6.15. The maximum absolute atomic E-state index is 9.39. The number of hydrogen-bond donors (Lipinski definition) is 0. The summed E-state index contributed by atoms with van der Waals surface area (Å²) in [6.07, 6.45) is 0. The molecular formula is C44H31N3. The molecule has 0 aliphatic carbocycles. The molecular weight excluding hydrogens is 571 g/mol. The van der Waals surface area contributed by atoms with E-state index in [0.29, 0.717) is 17.1 Å². The summed E-state index contributed by atoms with van der Waals surface area (Å²) < 4.78 is 0. The van der Waals surface area contributed by atoms with E-state index >= 15 is 0 Å². The van der Waals surface area contributed by atoms with Crippen LogP contribution < -0.4 is 0 Å². The first-order chi connectivity index (χ1) is 23.1. The molecule has 0 aliphatic heterocycles. The molecule has 0 atom stereocenters. The van der Waals surface area contributed by atoms with E-state index in [1.54, 1.807) is 0 Å². The molecule has 0 unspecified atom stereocenters. The van der Waals surface area contributed by atoms with Gasteiger partial charge in [-0.05, 0) is 74.5 Å².